The molecule has 0 spiro atoms. The van der Waals surface area contributed by atoms with Crippen LogP contribution in [-0.2, 0) is 28.8 Å². The predicted molar refractivity (Wildman–Crippen MR) is 72.8 cm³/mol. The van der Waals surface area contributed by atoms with Gasteiger partial charge in [0.05, 0.1) is 0 Å². The highest BCUT2D eigenvalue weighted by Gasteiger charge is 2.22. The molecule has 0 aromatic rings. The van der Waals surface area contributed by atoms with Crippen molar-refractivity contribution in [2.24, 2.45) is 0 Å². The Hall–Kier alpha value is -1.14. The van der Waals surface area contributed by atoms with E-state index in [-0.39, 0.29) is 13.2 Å². The first-order valence-electron chi connectivity index (χ1n) is 6.80. The summed E-state index contributed by atoms with van der Waals surface area (Å²) in [7, 11) is 0. The van der Waals surface area contributed by atoms with Crippen molar-refractivity contribution in [2.75, 3.05) is 13.2 Å². The van der Waals surface area contributed by atoms with E-state index >= 15 is 0 Å². The Morgan fingerprint density at radius 3 is 1.30 bits per heavy atom. The second-order valence-electron chi connectivity index (χ2n) is 5.70. The molecule has 0 radical (unpaired) electrons. The summed E-state index contributed by atoms with van der Waals surface area (Å²) in [6, 6.07) is 0. The Morgan fingerprint density at radius 1 is 0.750 bits per heavy atom. The Morgan fingerprint density at radius 2 is 1.05 bits per heavy atom. The van der Waals surface area contributed by atoms with Crippen molar-refractivity contribution in [3.63, 3.8) is 0 Å². The van der Waals surface area contributed by atoms with Crippen LogP contribution in [0.15, 0.2) is 0 Å². The van der Waals surface area contributed by atoms with Gasteiger partial charge in [-0.2, -0.15) is 0 Å². The lowest BCUT2D eigenvalue weighted by atomic mass is 10.1. The molecule has 0 unspecified atom stereocenters. The van der Waals surface area contributed by atoms with Crippen molar-refractivity contribution >= 4 is 11.9 Å². The lowest BCUT2D eigenvalue weighted by molar-refractivity contribution is -0.294. The minimum absolute atomic E-state index is 0.367. The SMILES string of the molecule is CCC(C)(C)OC(=O)COOCC(=O)OC(C)(C)CC. The molecule has 0 fully saturated rings. The number of carbonyl (C=O) groups excluding carboxylic acids is 2. The van der Waals surface area contributed by atoms with E-state index in [0.717, 1.165) is 0 Å². The van der Waals surface area contributed by atoms with Gasteiger partial charge in [-0.05, 0) is 40.5 Å². The molecule has 0 N–H and O–H groups in total. The van der Waals surface area contributed by atoms with Crippen molar-refractivity contribution in [2.45, 2.75) is 65.6 Å². The van der Waals surface area contributed by atoms with Gasteiger partial charge in [0, 0.05) is 0 Å². The molecule has 20 heavy (non-hydrogen) atoms. The average molecular weight is 290 g/mol. The lowest BCUT2D eigenvalue weighted by Crippen LogP contribution is -2.30. The monoisotopic (exact) mass is 290 g/mol. The summed E-state index contributed by atoms with van der Waals surface area (Å²) in [5, 5.41) is 0. The van der Waals surface area contributed by atoms with Crippen LogP contribution < -0.4 is 0 Å². The maximum absolute atomic E-state index is 11.4. The van der Waals surface area contributed by atoms with Gasteiger partial charge in [0.1, 0.15) is 11.2 Å². The minimum Gasteiger partial charge on any atom is -0.458 e. The van der Waals surface area contributed by atoms with E-state index in [9.17, 15) is 9.59 Å². The Bertz CT molecular complexity index is 290. The first kappa shape index (κ1) is 18.9. The molecule has 0 bridgehead atoms. The van der Waals surface area contributed by atoms with Gasteiger partial charge in [0.25, 0.3) is 0 Å². The fourth-order valence-electron chi connectivity index (χ4n) is 0.999. The molecule has 0 aliphatic carbocycles. The van der Waals surface area contributed by atoms with Crippen molar-refractivity contribution in [3.8, 4) is 0 Å². The largest absolute Gasteiger partial charge is 0.458 e. The van der Waals surface area contributed by atoms with E-state index in [1.54, 1.807) is 27.7 Å². The van der Waals surface area contributed by atoms with Gasteiger partial charge >= 0.3 is 11.9 Å². The molecular formula is C14H26O6. The summed E-state index contributed by atoms with van der Waals surface area (Å²) >= 11 is 0. The molecular weight excluding hydrogens is 264 g/mol. The third kappa shape index (κ3) is 8.87. The molecule has 0 aliphatic heterocycles. The fraction of sp³-hybridized carbons (Fsp3) is 0.857. The molecule has 0 saturated carbocycles. The standard InChI is InChI=1S/C14H26O6/c1-7-13(3,4)19-11(15)9-17-18-10-12(16)20-14(5,6)8-2/h7-10H2,1-6H3. The molecule has 0 atom stereocenters. The van der Waals surface area contributed by atoms with Gasteiger partial charge in [-0.25, -0.2) is 19.4 Å². The zero-order chi connectivity index (χ0) is 15.8. The second-order valence-corrected chi connectivity index (χ2v) is 5.70. The van der Waals surface area contributed by atoms with E-state index in [1.165, 1.54) is 0 Å². The summed E-state index contributed by atoms with van der Waals surface area (Å²) in [4.78, 5) is 32.0. The van der Waals surface area contributed by atoms with Crippen molar-refractivity contribution in [1.82, 2.24) is 0 Å². The third-order valence-electron chi connectivity index (χ3n) is 2.92. The highest BCUT2D eigenvalue weighted by molar-refractivity contribution is 5.71. The molecule has 0 saturated heterocycles. The predicted octanol–water partition coefficient (Wildman–Crippen LogP) is 2.40. The van der Waals surface area contributed by atoms with E-state index in [4.69, 9.17) is 9.47 Å². The second kappa shape index (κ2) is 8.21. The summed E-state index contributed by atoms with van der Waals surface area (Å²) in [6.45, 7) is 10.3. The summed E-state index contributed by atoms with van der Waals surface area (Å²) in [6.07, 6.45) is 1.38. The summed E-state index contributed by atoms with van der Waals surface area (Å²) in [5.74, 6) is -1.08. The fourth-order valence-corrected chi connectivity index (χ4v) is 0.999. The molecule has 6 heteroatoms. The van der Waals surface area contributed by atoms with E-state index < -0.39 is 23.1 Å². The average Bonchev–Trinajstić information content (AvgIpc) is 2.33. The normalized spacial score (nSPS) is 12.1. The highest BCUT2D eigenvalue weighted by atomic mass is 17.2. The first-order chi connectivity index (χ1) is 9.12. The van der Waals surface area contributed by atoms with Crippen LogP contribution in [0.2, 0.25) is 0 Å². The Balaban J connectivity index is 3.82. The molecule has 0 heterocycles. The van der Waals surface area contributed by atoms with Gasteiger partial charge < -0.3 is 9.47 Å². The summed E-state index contributed by atoms with van der Waals surface area (Å²) in [5.41, 5.74) is -1.07. The van der Waals surface area contributed by atoms with Crippen LogP contribution in [0.4, 0.5) is 0 Å². The van der Waals surface area contributed by atoms with Gasteiger partial charge in [-0.15, -0.1) is 0 Å². The number of rotatable bonds is 9. The molecule has 0 aromatic carbocycles. The topological polar surface area (TPSA) is 71.1 Å². The Labute approximate surface area is 120 Å². The van der Waals surface area contributed by atoms with Crippen LogP contribution in [0.3, 0.4) is 0 Å². The Kier molecular flexibility index (Phi) is 7.75. The molecule has 0 aromatic heterocycles. The van der Waals surface area contributed by atoms with Gasteiger partial charge in [-0.3, -0.25) is 0 Å². The maximum atomic E-state index is 11.4. The smallest absolute Gasteiger partial charge is 0.336 e. The van der Waals surface area contributed by atoms with Crippen LogP contribution in [0.25, 0.3) is 0 Å². The first-order valence-corrected chi connectivity index (χ1v) is 6.80. The van der Waals surface area contributed by atoms with Crippen molar-refractivity contribution < 1.29 is 28.8 Å². The molecule has 118 valence electrons. The number of hydrogen-bond acceptors (Lipinski definition) is 6. The lowest BCUT2D eigenvalue weighted by Gasteiger charge is -2.23. The number of hydrogen-bond donors (Lipinski definition) is 0. The molecule has 0 rings (SSSR count). The number of esters is 2. The van der Waals surface area contributed by atoms with Gasteiger partial charge in [-0.1, -0.05) is 13.8 Å². The van der Waals surface area contributed by atoms with Crippen LogP contribution in [0.1, 0.15) is 54.4 Å². The van der Waals surface area contributed by atoms with E-state index in [0.29, 0.717) is 12.8 Å². The molecule has 0 aliphatic rings. The quantitative estimate of drug-likeness (QED) is 0.281. The van der Waals surface area contributed by atoms with Crippen LogP contribution in [0, 0.1) is 0 Å². The van der Waals surface area contributed by atoms with Gasteiger partial charge in [0.15, 0.2) is 13.2 Å². The number of carbonyl (C=O) groups is 2. The van der Waals surface area contributed by atoms with Crippen LogP contribution >= 0.6 is 0 Å². The zero-order valence-electron chi connectivity index (χ0n) is 13.3. The van der Waals surface area contributed by atoms with Gasteiger partial charge in [0.2, 0.25) is 0 Å². The zero-order valence-corrected chi connectivity index (χ0v) is 13.3. The third-order valence-corrected chi connectivity index (χ3v) is 2.92. The minimum atomic E-state index is -0.542. The van der Waals surface area contributed by atoms with E-state index in [2.05, 4.69) is 9.78 Å². The van der Waals surface area contributed by atoms with E-state index in [1.807, 2.05) is 13.8 Å². The summed E-state index contributed by atoms with van der Waals surface area (Å²) < 4.78 is 10.3. The maximum Gasteiger partial charge on any atom is 0.336 e. The number of ether oxygens (including phenoxy) is 2. The van der Waals surface area contributed by atoms with Crippen LogP contribution in [-0.4, -0.2) is 36.4 Å². The van der Waals surface area contributed by atoms with Crippen molar-refractivity contribution in [3.05, 3.63) is 0 Å². The van der Waals surface area contributed by atoms with Crippen molar-refractivity contribution in [1.29, 1.82) is 0 Å². The van der Waals surface area contributed by atoms with Crippen LogP contribution in [0.5, 0.6) is 0 Å². The molecule has 6 nitrogen and oxygen atoms in total. The highest BCUT2D eigenvalue weighted by Crippen LogP contribution is 2.14. The molecule has 0 amide bonds.